The van der Waals surface area contributed by atoms with Gasteiger partial charge in [0.25, 0.3) is 15.9 Å². The van der Waals surface area contributed by atoms with Crippen LogP contribution in [0.3, 0.4) is 0 Å². The monoisotopic (exact) mass is 419 g/mol. The Morgan fingerprint density at radius 2 is 1.72 bits per heavy atom. The maximum absolute atomic E-state index is 12.6. The van der Waals surface area contributed by atoms with Gasteiger partial charge in [0.15, 0.2) is 0 Å². The van der Waals surface area contributed by atoms with E-state index in [0.29, 0.717) is 18.0 Å². The summed E-state index contributed by atoms with van der Waals surface area (Å²) in [5.41, 5.74) is 0.556. The molecule has 0 fully saturated rings. The summed E-state index contributed by atoms with van der Waals surface area (Å²) < 4.78 is 32.8. The Labute approximate surface area is 170 Å². The number of nitrogens with one attached hydrogen (secondary N) is 3. The van der Waals surface area contributed by atoms with Gasteiger partial charge >= 0.3 is 0 Å². The minimum absolute atomic E-state index is 0.00584. The highest BCUT2D eigenvalue weighted by molar-refractivity contribution is 7.92. The van der Waals surface area contributed by atoms with E-state index in [1.54, 1.807) is 31.2 Å². The van der Waals surface area contributed by atoms with Crippen LogP contribution in [0, 0.1) is 0 Å². The molecule has 0 heterocycles. The van der Waals surface area contributed by atoms with Crippen LogP contribution >= 0.6 is 0 Å². The molecule has 0 spiro atoms. The van der Waals surface area contributed by atoms with E-state index in [2.05, 4.69) is 15.4 Å². The van der Waals surface area contributed by atoms with Crippen LogP contribution in [0.25, 0.3) is 0 Å². The Balaban J connectivity index is 2.08. The van der Waals surface area contributed by atoms with Crippen LogP contribution in [0.2, 0.25) is 0 Å². The third-order valence-electron chi connectivity index (χ3n) is 4.07. The van der Waals surface area contributed by atoms with E-state index in [1.807, 2.05) is 6.92 Å². The molecule has 2 aromatic rings. The molecule has 0 bridgehead atoms. The van der Waals surface area contributed by atoms with Crippen molar-refractivity contribution in [2.45, 2.75) is 31.2 Å². The number of hydrogen-bond acceptors (Lipinski definition) is 5. The Morgan fingerprint density at radius 3 is 2.34 bits per heavy atom. The van der Waals surface area contributed by atoms with Gasteiger partial charge in [-0.2, -0.15) is 0 Å². The second kappa shape index (κ2) is 9.92. The van der Waals surface area contributed by atoms with E-state index < -0.39 is 22.0 Å². The van der Waals surface area contributed by atoms with Crippen LogP contribution in [0.1, 0.15) is 30.6 Å². The van der Waals surface area contributed by atoms with Crippen LogP contribution in [-0.2, 0) is 14.8 Å². The van der Waals surface area contributed by atoms with Gasteiger partial charge in [-0.3, -0.25) is 14.3 Å². The zero-order valence-electron chi connectivity index (χ0n) is 16.6. The van der Waals surface area contributed by atoms with E-state index in [0.717, 1.165) is 6.42 Å². The molecule has 9 heteroatoms. The number of carbonyl (C=O) groups is 2. The third kappa shape index (κ3) is 5.95. The molecular weight excluding hydrogens is 394 g/mol. The van der Waals surface area contributed by atoms with Crippen LogP contribution in [0.15, 0.2) is 53.4 Å². The molecule has 0 radical (unpaired) electrons. The molecule has 29 heavy (non-hydrogen) atoms. The molecule has 2 amide bonds. The molecule has 0 saturated carbocycles. The number of hydrogen-bond donors (Lipinski definition) is 3. The van der Waals surface area contributed by atoms with Crippen molar-refractivity contribution in [2.24, 2.45) is 0 Å². The molecular formula is C20H25N3O5S. The van der Waals surface area contributed by atoms with Crippen molar-refractivity contribution in [1.29, 1.82) is 0 Å². The van der Waals surface area contributed by atoms with E-state index in [1.165, 1.54) is 31.4 Å². The summed E-state index contributed by atoms with van der Waals surface area (Å²) in [6.07, 6.45) is 0.797. The first-order valence-electron chi connectivity index (χ1n) is 9.13. The maximum Gasteiger partial charge on any atom is 0.262 e. The summed E-state index contributed by atoms with van der Waals surface area (Å²) in [4.78, 5) is 24.1. The average molecular weight is 420 g/mol. The Hall–Kier alpha value is -3.07. The maximum atomic E-state index is 12.6. The van der Waals surface area contributed by atoms with Crippen LogP contribution in [0.4, 0.5) is 5.69 Å². The molecule has 8 nitrogen and oxygen atoms in total. The van der Waals surface area contributed by atoms with E-state index >= 15 is 0 Å². The number of sulfonamides is 1. The van der Waals surface area contributed by atoms with Gasteiger partial charge in [0.2, 0.25) is 5.91 Å². The second-order valence-corrected chi connectivity index (χ2v) is 8.00. The lowest BCUT2D eigenvalue weighted by Crippen LogP contribution is -2.45. The number of carbonyl (C=O) groups excluding carboxylic acids is 2. The van der Waals surface area contributed by atoms with Crippen LogP contribution < -0.4 is 20.1 Å². The first kappa shape index (κ1) is 22.2. The van der Waals surface area contributed by atoms with E-state index in [-0.39, 0.29) is 16.4 Å². The quantitative estimate of drug-likeness (QED) is 0.576. The number of methoxy groups -OCH3 is 1. The Morgan fingerprint density at radius 1 is 1.07 bits per heavy atom. The predicted molar refractivity (Wildman–Crippen MR) is 110 cm³/mol. The Kier molecular flexibility index (Phi) is 7.60. The number of amides is 2. The molecule has 2 rings (SSSR count). The van der Waals surface area contributed by atoms with Gasteiger partial charge in [0.05, 0.1) is 17.7 Å². The fourth-order valence-electron chi connectivity index (χ4n) is 2.46. The molecule has 0 aliphatic heterocycles. The molecule has 1 unspecified atom stereocenters. The van der Waals surface area contributed by atoms with E-state index in [4.69, 9.17) is 4.74 Å². The SMILES string of the molecule is CCCNC(=O)C(C)NC(=O)c1ccc(S(=O)(=O)Nc2ccccc2OC)cc1. The lowest BCUT2D eigenvalue weighted by atomic mass is 10.2. The average Bonchev–Trinajstić information content (AvgIpc) is 2.72. The number of para-hydroxylation sites is 2. The smallest absolute Gasteiger partial charge is 0.262 e. The van der Waals surface area contributed by atoms with Crippen molar-refractivity contribution in [2.75, 3.05) is 18.4 Å². The fraction of sp³-hybridized carbons (Fsp3) is 0.300. The Bertz CT molecular complexity index is 958. The molecule has 0 saturated heterocycles. The highest BCUT2D eigenvalue weighted by Crippen LogP contribution is 2.26. The minimum atomic E-state index is -3.86. The molecule has 156 valence electrons. The van der Waals surface area contributed by atoms with Gasteiger partial charge in [0.1, 0.15) is 11.8 Å². The largest absolute Gasteiger partial charge is 0.495 e. The molecule has 1 atom stereocenters. The highest BCUT2D eigenvalue weighted by Gasteiger charge is 2.19. The first-order chi connectivity index (χ1) is 13.8. The summed E-state index contributed by atoms with van der Waals surface area (Å²) >= 11 is 0. The number of benzene rings is 2. The highest BCUT2D eigenvalue weighted by atomic mass is 32.2. The summed E-state index contributed by atoms with van der Waals surface area (Å²) in [5, 5.41) is 5.28. The first-order valence-corrected chi connectivity index (χ1v) is 10.6. The van der Waals surface area contributed by atoms with Crippen LogP contribution in [0.5, 0.6) is 5.75 Å². The van der Waals surface area contributed by atoms with Gasteiger partial charge in [0, 0.05) is 12.1 Å². The standard InChI is InChI=1S/C20H25N3O5S/c1-4-13-21-19(24)14(2)22-20(25)15-9-11-16(12-10-15)29(26,27)23-17-7-5-6-8-18(17)28-3/h5-12,14,23H,4,13H2,1-3H3,(H,21,24)(H,22,25). The van der Waals surface area contributed by atoms with Crippen molar-refractivity contribution in [3.05, 3.63) is 54.1 Å². The summed E-state index contributed by atoms with van der Waals surface area (Å²) in [7, 11) is -2.41. The number of rotatable bonds is 9. The lowest BCUT2D eigenvalue weighted by molar-refractivity contribution is -0.122. The molecule has 0 aliphatic carbocycles. The summed E-state index contributed by atoms with van der Waals surface area (Å²) in [6, 6.07) is 11.4. The molecule has 3 N–H and O–H groups in total. The normalized spacial score (nSPS) is 12.0. The fourth-order valence-corrected chi connectivity index (χ4v) is 3.54. The summed E-state index contributed by atoms with van der Waals surface area (Å²) in [5.74, 6) is -0.353. The topological polar surface area (TPSA) is 114 Å². The predicted octanol–water partition coefficient (Wildman–Crippen LogP) is 2.14. The zero-order valence-corrected chi connectivity index (χ0v) is 17.4. The lowest BCUT2D eigenvalue weighted by Gasteiger charge is -2.14. The minimum Gasteiger partial charge on any atom is -0.495 e. The third-order valence-corrected chi connectivity index (χ3v) is 5.45. The van der Waals surface area contributed by atoms with Gasteiger partial charge in [-0.15, -0.1) is 0 Å². The number of ether oxygens (including phenoxy) is 1. The van der Waals surface area contributed by atoms with E-state index in [9.17, 15) is 18.0 Å². The van der Waals surface area contributed by atoms with Crippen molar-refractivity contribution in [3.8, 4) is 5.75 Å². The van der Waals surface area contributed by atoms with Gasteiger partial charge < -0.3 is 15.4 Å². The van der Waals surface area contributed by atoms with Crippen molar-refractivity contribution in [1.82, 2.24) is 10.6 Å². The van der Waals surface area contributed by atoms with Gasteiger partial charge in [-0.05, 0) is 49.7 Å². The second-order valence-electron chi connectivity index (χ2n) is 6.32. The zero-order chi connectivity index (χ0) is 21.4. The molecule has 2 aromatic carbocycles. The van der Waals surface area contributed by atoms with Crippen LogP contribution in [-0.4, -0.2) is 39.9 Å². The summed E-state index contributed by atoms with van der Waals surface area (Å²) in [6.45, 7) is 4.05. The molecule has 0 aromatic heterocycles. The number of anilines is 1. The molecule has 0 aliphatic rings. The van der Waals surface area contributed by atoms with Crippen molar-refractivity contribution >= 4 is 27.5 Å². The van der Waals surface area contributed by atoms with Crippen molar-refractivity contribution < 1.29 is 22.7 Å². The van der Waals surface area contributed by atoms with Gasteiger partial charge in [-0.1, -0.05) is 19.1 Å². The van der Waals surface area contributed by atoms with Crippen molar-refractivity contribution in [3.63, 3.8) is 0 Å². The van der Waals surface area contributed by atoms with Gasteiger partial charge in [-0.25, -0.2) is 8.42 Å².